The highest BCUT2D eigenvalue weighted by molar-refractivity contribution is 5.27. The lowest BCUT2D eigenvalue weighted by Gasteiger charge is -2.11. The predicted octanol–water partition coefficient (Wildman–Crippen LogP) is 2.03. The molecule has 1 aromatic carbocycles. The van der Waals surface area contributed by atoms with Crippen molar-refractivity contribution in [2.75, 3.05) is 0 Å². The van der Waals surface area contributed by atoms with Gasteiger partial charge in [-0.2, -0.15) is 0 Å². The van der Waals surface area contributed by atoms with E-state index in [0.29, 0.717) is 0 Å². The van der Waals surface area contributed by atoms with Gasteiger partial charge in [0.25, 0.3) is 0 Å². The summed E-state index contributed by atoms with van der Waals surface area (Å²) >= 11 is 0. The first-order chi connectivity index (χ1) is 7.75. The Kier molecular flexibility index (Phi) is 3.17. The van der Waals surface area contributed by atoms with Crippen molar-refractivity contribution in [3.05, 3.63) is 59.9 Å². The van der Waals surface area contributed by atoms with Gasteiger partial charge in [0.1, 0.15) is 5.75 Å². The number of nitrogens with two attached hydrogens (primary N) is 1. The SMILES string of the molecule is NC(Cc1ccc(O)cc1)c1cccnc1. The zero-order valence-corrected chi connectivity index (χ0v) is 8.88. The van der Waals surface area contributed by atoms with Gasteiger partial charge in [-0.05, 0) is 35.7 Å². The molecule has 0 aliphatic rings. The van der Waals surface area contributed by atoms with E-state index >= 15 is 0 Å². The zero-order chi connectivity index (χ0) is 11.4. The molecule has 0 radical (unpaired) electrons. The number of aromatic nitrogens is 1. The van der Waals surface area contributed by atoms with Gasteiger partial charge in [-0.15, -0.1) is 0 Å². The normalized spacial score (nSPS) is 12.3. The van der Waals surface area contributed by atoms with E-state index in [4.69, 9.17) is 10.8 Å². The van der Waals surface area contributed by atoms with Gasteiger partial charge in [-0.25, -0.2) is 0 Å². The van der Waals surface area contributed by atoms with Crippen LogP contribution < -0.4 is 5.73 Å². The van der Waals surface area contributed by atoms with Crippen LogP contribution in [0.15, 0.2) is 48.8 Å². The first kappa shape index (κ1) is 10.6. The second kappa shape index (κ2) is 4.77. The number of hydrogen-bond acceptors (Lipinski definition) is 3. The average Bonchev–Trinajstić information content (AvgIpc) is 2.33. The van der Waals surface area contributed by atoms with Crippen molar-refractivity contribution >= 4 is 0 Å². The molecule has 1 aromatic heterocycles. The fraction of sp³-hybridized carbons (Fsp3) is 0.154. The monoisotopic (exact) mass is 214 g/mol. The van der Waals surface area contributed by atoms with Crippen LogP contribution in [0, 0.1) is 0 Å². The maximum Gasteiger partial charge on any atom is 0.115 e. The van der Waals surface area contributed by atoms with E-state index < -0.39 is 0 Å². The molecule has 16 heavy (non-hydrogen) atoms. The number of benzene rings is 1. The molecular weight excluding hydrogens is 200 g/mol. The Hall–Kier alpha value is -1.87. The van der Waals surface area contributed by atoms with Crippen LogP contribution in [0.4, 0.5) is 0 Å². The molecule has 2 rings (SSSR count). The Morgan fingerprint density at radius 3 is 2.56 bits per heavy atom. The largest absolute Gasteiger partial charge is 0.508 e. The summed E-state index contributed by atoms with van der Waals surface area (Å²) in [6.07, 6.45) is 4.26. The molecule has 0 aliphatic heterocycles. The molecule has 2 aromatic rings. The van der Waals surface area contributed by atoms with E-state index in [0.717, 1.165) is 17.5 Å². The average molecular weight is 214 g/mol. The van der Waals surface area contributed by atoms with E-state index in [2.05, 4.69) is 4.98 Å². The van der Waals surface area contributed by atoms with E-state index in [9.17, 15) is 0 Å². The van der Waals surface area contributed by atoms with Crippen LogP contribution in [0.3, 0.4) is 0 Å². The number of rotatable bonds is 3. The van der Waals surface area contributed by atoms with Crippen LogP contribution in [0.25, 0.3) is 0 Å². The molecule has 3 heteroatoms. The molecule has 1 atom stereocenters. The van der Waals surface area contributed by atoms with Crippen molar-refractivity contribution in [1.29, 1.82) is 0 Å². The molecule has 0 saturated carbocycles. The summed E-state index contributed by atoms with van der Waals surface area (Å²) in [7, 11) is 0. The molecular formula is C13H14N2O. The summed E-state index contributed by atoms with van der Waals surface area (Å²) < 4.78 is 0. The molecule has 0 amide bonds. The minimum atomic E-state index is -0.0572. The lowest BCUT2D eigenvalue weighted by molar-refractivity contribution is 0.475. The molecule has 3 N–H and O–H groups in total. The van der Waals surface area contributed by atoms with Gasteiger partial charge in [-0.1, -0.05) is 18.2 Å². The lowest BCUT2D eigenvalue weighted by Crippen LogP contribution is -2.13. The maximum atomic E-state index is 9.17. The van der Waals surface area contributed by atoms with E-state index in [1.165, 1.54) is 0 Å². The van der Waals surface area contributed by atoms with Crippen molar-refractivity contribution in [2.24, 2.45) is 5.73 Å². The van der Waals surface area contributed by atoms with Crippen molar-refractivity contribution in [3.8, 4) is 5.75 Å². The van der Waals surface area contributed by atoms with Crippen LogP contribution >= 0.6 is 0 Å². The summed E-state index contributed by atoms with van der Waals surface area (Å²) in [6, 6.07) is 10.9. The van der Waals surface area contributed by atoms with Gasteiger partial charge in [0.15, 0.2) is 0 Å². The molecule has 0 saturated heterocycles. The third-order valence-corrected chi connectivity index (χ3v) is 2.50. The first-order valence-electron chi connectivity index (χ1n) is 5.19. The Morgan fingerprint density at radius 1 is 1.19 bits per heavy atom. The molecule has 82 valence electrons. The lowest BCUT2D eigenvalue weighted by atomic mass is 10.0. The quantitative estimate of drug-likeness (QED) is 0.821. The van der Waals surface area contributed by atoms with E-state index in [1.807, 2.05) is 24.3 Å². The topological polar surface area (TPSA) is 59.1 Å². The van der Waals surface area contributed by atoms with Crippen molar-refractivity contribution in [2.45, 2.75) is 12.5 Å². The number of hydrogen-bond donors (Lipinski definition) is 2. The van der Waals surface area contributed by atoms with Crippen LogP contribution in [-0.4, -0.2) is 10.1 Å². The van der Waals surface area contributed by atoms with Crippen LogP contribution in [0.2, 0.25) is 0 Å². The summed E-state index contributed by atoms with van der Waals surface area (Å²) in [6.45, 7) is 0. The minimum absolute atomic E-state index is 0.0572. The van der Waals surface area contributed by atoms with E-state index in [1.54, 1.807) is 24.5 Å². The summed E-state index contributed by atoms with van der Waals surface area (Å²) in [5.74, 6) is 0.277. The van der Waals surface area contributed by atoms with Gasteiger partial charge >= 0.3 is 0 Å². The van der Waals surface area contributed by atoms with Gasteiger partial charge < -0.3 is 10.8 Å². The van der Waals surface area contributed by atoms with E-state index in [-0.39, 0.29) is 11.8 Å². The summed E-state index contributed by atoms with van der Waals surface area (Å²) in [4.78, 5) is 4.04. The van der Waals surface area contributed by atoms with Crippen molar-refractivity contribution in [3.63, 3.8) is 0 Å². The third-order valence-electron chi connectivity index (χ3n) is 2.50. The fourth-order valence-corrected chi connectivity index (χ4v) is 1.60. The molecule has 1 heterocycles. The molecule has 1 unspecified atom stereocenters. The van der Waals surface area contributed by atoms with Gasteiger partial charge in [-0.3, -0.25) is 4.98 Å². The molecule has 0 fully saturated rings. The molecule has 0 bridgehead atoms. The number of pyridine rings is 1. The second-order valence-corrected chi connectivity index (χ2v) is 3.76. The minimum Gasteiger partial charge on any atom is -0.508 e. The standard InChI is InChI=1S/C13H14N2O/c14-13(11-2-1-7-15-9-11)8-10-3-5-12(16)6-4-10/h1-7,9,13,16H,8,14H2. The predicted molar refractivity (Wildman–Crippen MR) is 63.0 cm³/mol. The third kappa shape index (κ3) is 2.58. The Labute approximate surface area is 94.6 Å². The molecule has 3 nitrogen and oxygen atoms in total. The smallest absolute Gasteiger partial charge is 0.115 e. The highest BCUT2D eigenvalue weighted by Crippen LogP contribution is 2.17. The number of phenols is 1. The number of phenolic OH excluding ortho intramolecular Hbond substituents is 1. The Bertz CT molecular complexity index is 439. The summed E-state index contributed by atoms with van der Waals surface area (Å²) in [5, 5.41) is 9.17. The fourth-order valence-electron chi connectivity index (χ4n) is 1.60. The van der Waals surface area contributed by atoms with Crippen LogP contribution in [0.5, 0.6) is 5.75 Å². The first-order valence-corrected chi connectivity index (χ1v) is 5.19. The maximum absolute atomic E-state index is 9.17. The molecule has 0 aliphatic carbocycles. The van der Waals surface area contributed by atoms with Gasteiger partial charge in [0, 0.05) is 18.4 Å². The highest BCUT2D eigenvalue weighted by atomic mass is 16.3. The van der Waals surface area contributed by atoms with Crippen LogP contribution in [-0.2, 0) is 6.42 Å². The highest BCUT2D eigenvalue weighted by Gasteiger charge is 2.06. The zero-order valence-electron chi connectivity index (χ0n) is 8.88. The second-order valence-electron chi connectivity index (χ2n) is 3.76. The van der Waals surface area contributed by atoms with Crippen molar-refractivity contribution in [1.82, 2.24) is 4.98 Å². The molecule has 0 spiro atoms. The van der Waals surface area contributed by atoms with Gasteiger partial charge in [0.2, 0.25) is 0 Å². The number of aromatic hydroxyl groups is 1. The van der Waals surface area contributed by atoms with Crippen molar-refractivity contribution < 1.29 is 5.11 Å². The Balaban J connectivity index is 2.08. The summed E-state index contributed by atoms with van der Waals surface area (Å²) in [5.41, 5.74) is 8.19. The van der Waals surface area contributed by atoms with Crippen LogP contribution in [0.1, 0.15) is 17.2 Å². The van der Waals surface area contributed by atoms with Gasteiger partial charge in [0.05, 0.1) is 0 Å². The Morgan fingerprint density at radius 2 is 1.94 bits per heavy atom. The number of nitrogens with zero attached hydrogens (tertiary/aromatic N) is 1.